The Morgan fingerprint density at radius 2 is 1.70 bits per heavy atom. The van der Waals surface area contributed by atoms with Gasteiger partial charge >= 0.3 is 18.3 Å². The zero-order valence-corrected chi connectivity index (χ0v) is 13.2. The van der Waals surface area contributed by atoms with Crippen molar-refractivity contribution < 1.29 is 33.3 Å². The third-order valence-corrected chi connectivity index (χ3v) is 2.82. The number of benzene rings is 1. The molecule has 0 spiro atoms. The number of amides is 2. The zero-order valence-electron chi connectivity index (χ0n) is 13.2. The van der Waals surface area contributed by atoms with E-state index in [0.29, 0.717) is 11.5 Å². The molecule has 0 aliphatic rings. The van der Waals surface area contributed by atoms with Crippen LogP contribution in [0.2, 0.25) is 0 Å². The molecule has 2 amide bonds. The lowest BCUT2D eigenvalue weighted by molar-refractivity contribution is 0.0365. The number of carbonyl (C=O) groups excluding carboxylic acids is 3. The van der Waals surface area contributed by atoms with Crippen molar-refractivity contribution in [3.8, 4) is 0 Å². The number of rotatable bonds is 5. The normalized spacial score (nSPS) is 11.3. The molecule has 1 atom stereocenters. The maximum absolute atomic E-state index is 11.8. The van der Waals surface area contributed by atoms with E-state index < -0.39 is 24.4 Å². The van der Waals surface area contributed by atoms with E-state index in [9.17, 15) is 14.4 Å². The van der Waals surface area contributed by atoms with E-state index in [1.165, 1.54) is 0 Å². The van der Waals surface area contributed by atoms with Crippen molar-refractivity contribution in [1.82, 2.24) is 4.90 Å². The molecule has 0 aliphatic heterocycles. The van der Waals surface area contributed by atoms with Crippen LogP contribution in [0.5, 0.6) is 0 Å². The minimum atomic E-state index is -1.22. The molecule has 0 bridgehead atoms. The van der Waals surface area contributed by atoms with Crippen LogP contribution >= 0.6 is 0 Å². The van der Waals surface area contributed by atoms with E-state index in [2.05, 4.69) is 14.2 Å². The number of hydrogen-bond acceptors (Lipinski definition) is 7. The average molecular weight is 325 g/mol. The van der Waals surface area contributed by atoms with Gasteiger partial charge in [0.25, 0.3) is 0 Å². The zero-order chi connectivity index (χ0) is 17.2. The first-order chi connectivity index (χ1) is 11.0. The van der Waals surface area contributed by atoms with Crippen molar-refractivity contribution >= 4 is 18.3 Å². The molecule has 1 aromatic carbocycles. The van der Waals surface area contributed by atoms with Gasteiger partial charge < -0.3 is 18.9 Å². The van der Waals surface area contributed by atoms with Gasteiger partial charge in [-0.1, -0.05) is 30.3 Å². The largest absolute Gasteiger partial charge is 0.517 e. The maximum Gasteiger partial charge on any atom is 0.517 e. The first-order valence-electron chi connectivity index (χ1n) is 6.78. The van der Waals surface area contributed by atoms with Gasteiger partial charge in [-0.3, -0.25) is 0 Å². The van der Waals surface area contributed by atoms with Crippen molar-refractivity contribution in [2.75, 3.05) is 20.8 Å². The van der Waals surface area contributed by atoms with Crippen LogP contribution in [0.3, 0.4) is 0 Å². The molecule has 1 rings (SSSR count). The van der Waals surface area contributed by atoms with Crippen molar-refractivity contribution in [3.63, 3.8) is 0 Å². The van der Waals surface area contributed by atoms with Crippen LogP contribution in [0, 0.1) is 0 Å². The molecule has 126 valence electrons. The molecule has 0 N–H and O–H groups in total. The molecule has 8 nitrogen and oxygen atoms in total. The van der Waals surface area contributed by atoms with Gasteiger partial charge in [0.1, 0.15) is 0 Å². The first-order valence-corrected chi connectivity index (χ1v) is 6.78. The van der Waals surface area contributed by atoms with Crippen molar-refractivity contribution in [2.24, 2.45) is 0 Å². The third kappa shape index (κ3) is 5.95. The maximum atomic E-state index is 11.8. The Hall–Kier alpha value is -2.61. The number of carbonyl (C=O) groups is 3. The molecular weight excluding hydrogens is 306 g/mol. The molecule has 0 heterocycles. The summed E-state index contributed by atoms with van der Waals surface area (Å²) in [5.41, 5.74) is 0.946. The highest BCUT2D eigenvalue weighted by Gasteiger charge is 2.31. The number of nitrogens with zero attached hydrogens (tertiary/aromatic N) is 1. The molecule has 0 unspecified atom stereocenters. The van der Waals surface area contributed by atoms with Gasteiger partial charge in [0, 0.05) is 0 Å². The summed E-state index contributed by atoms with van der Waals surface area (Å²) in [5.74, 6) is 0. The summed E-state index contributed by atoms with van der Waals surface area (Å²) in [5, 5.41) is 0. The lowest BCUT2D eigenvalue weighted by atomic mass is 10.2. The smallest absolute Gasteiger partial charge is 0.452 e. The Kier molecular flexibility index (Phi) is 7.55. The number of ether oxygens (including phenoxy) is 4. The van der Waals surface area contributed by atoms with Gasteiger partial charge in [-0.25, -0.2) is 19.3 Å². The first kappa shape index (κ1) is 18.4. The molecule has 0 aromatic heterocycles. The highest BCUT2D eigenvalue weighted by Crippen LogP contribution is 2.08. The van der Waals surface area contributed by atoms with Gasteiger partial charge in [-0.2, -0.15) is 0 Å². The Labute approximate surface area is 133 Å². The quantitative estimate of drug-likeness (QED) is 0.607. The second-order valence-electron chi connectivity index (χ2n) is 4.51. The number of methoxy groups -OCH3 is 2. The topological polar surface area (TPSA) is 91.4 Å². The molecule has 23 heavy (non-hydrogen) atoms. The van der Waals surface area contributed by atoms with E-state index >= 15 is 0 Å². The van der Waals surface area contributed by atoms with E-state index in [0.717, 1.165) is 19.8 Å². The van der Waals surface area contributed by atoms with Gasteiger partial charge in [0.2, 0.25) is 0 Å². The van der Waals surface area contributed by atoms with Crippen LogP contribution in [0.4, 0.5) is 14.4 Å². The van der Waals surface area contributed by atoms with Crippen LogP contribution in [-0.4, -0.2) is 50.1 Å². The Morgan fingerprint density at radius 3 is 2.26 bits per heavy atom. The van der Waals surface area contributed by atoms with Crippen molar-refractivity contribution in [3.05, 3.63) is 35.9 Å². The SMILES string of the molecule is COC(=O)OC(=O)N(C(=O)OC)[C@H](C)COCc1ccccc1. The monoisotopic (exact) mass is 325 g/mol. The molecular formula is C15H19NO7. The summed E-state index contributed by atoms with van der Waals surface area (Å²) in [4.78, 5) is 35.2. The minimum Gasteiger partial charge on any atom is -0.452 e. The van der Waals surface area contributed by atoms with Crippen LogP contribution < -0.4 is 0 Å². The van der Waals surface area contributed by atoms with Gasteiger partial charge in [-0.15, -0.1) is 0 Å². The van der Waals surface area contributed by atoms with Crippen LogP contribution in [0.1, 0.15) is 12.5 Å². The Morgan fingerprint density at radius 1 is 1.04 bits per heavy atom. The highest BCUT2D eigenvalue weighted by molar-refractivity contribution is 5.92. The second-order valence-corrected chi connectivity index (χ2v) is 4.51. The summed E-state index contributed by atoms with van der Waals surface area (Å²) in [7, 11) is 2.16. The summed E-state index contributed by atoms with van der Waals surface area (Å²) in [6, 6.07) is 8.69. The van der Waals surface area contributed by atoms with Crippen LogP contribution in [0.15, 0.2) is 30.3 Å². The fourth-order valence-corrected chi connectivity index (χ4v) is 1.69. The fraction of sp³-hybridized carbons (Fsp3) is 0.400. The van der Waals surface area contributed by atoms with E-state index in [1.54, 1.807) is 6.92 Å². The van der Waals surface area contributed by atoms with E-state index in [1.807, 2.05) is 30.3 Å². The van der Waals surface area contributed by atoms with E-state index in [4.69, 9.17) is 4.74 Å². The molecule has 8 heteroatoms. The summed E-state index contributed by atoms with van der Waals surface area (Å²) < 4.78 is 18.5. The Bertz CT molecular complexity index is 532. The fourth-order valence-electron chi connectivity index (χ4n) is 1.69. The van der Waals surface area contributed by atoms with Crippen molar-refractivity contribution in [1.29, 1.82) is 0 Å². The molecule has 0 fully saturated rings. The van der Waals surface area contributed by atoms with Gasteiger partial charge in [0.15, 0.2) is 0 Å². The van der Waals surface area contributed by atoms with Gasteiger partial charge in [0.05, 0.1) is 33.5 Å². The van der Waals surface area contributed by atoms with Crippen LogP contribution in [-0.2, 0) is 25.6 Å². The average Bonchev–Trinajstić information content (AvgIpc) is 2.55. The summed E-state index contributed by atoms with van der Waals surface area (Å²) >= 11 is 0. The molecule has 0 saturated heterocycles. The van der Waals surface area contributed by atoms with Crippen LogP contribution in [0.25, 0.3) is 0 Å². The van der Waals surface area contributed by atoms with Crippen molar-refractivity contribution in [2.45, 2.75) is 19.6 Å². The number of imide groups is 1. The minimum absolute atomic E-state index is 0.0419. The summed E-state index contributed by atoms with van der Waals surface area (Å²) in [6.07, 6.45) is -3.38. The molecule has 0 radical (unpaired) electrons. The molecule has 0 aliphatic carbocycles. The standard InChI is InChI=1S/C15H19NO7/c1-11(9-22-10-12-7-5-4-6-8-12)16(13(17)20-2)14(18)23-15(19)21-3/h4-8,11H,9-10H2,1-3H3/t11-/m1/s1. The Balaban J connectivity index is 2.61. The second kappa shape index (κ2) is 9.42. The van der Waals surface area contributed by atoms with E-state index in [-0.39, 0.29) is 6.61 Å². The highest BCUT2D eigenvalue weighted by atomic mass is 16.7. The predicted molar refractivity (Wildman–Crippen MR) is 78.7 cm³/mol. The molecule has 0 saturated carbocycles. The number of hydrogen-bond donors (Lipinski definition) is 0. The summed E-state index contributed by atoms with van der Waals surface area (Å²) in [6.45, 7) is 1.91. The van der Waals surface area contributed by atoms with Gasteiger partial charge in [-0.05, 0) is 12.5 Å². The lowest BCUT2D eigenvalue weighted by Crippen LogP contribution is -2.46. The predicted octanol–water partition coefficient (Wildman–Crippen LogP) is 2.56. The lowest BCUT2D eigenvalue weighted by Gasteiger charge is -2.24. The third-order valence-electron chi connectivity index (χ3n) is 2.82. The molecule has 1 aromatic rings.